The third-order valence-electron chi connectivity index (χ3n) is 2.66. The van der Waals surface area contributed by atoms with Crippen molar-refractivity contribution in [2.24, 2.45) is 0 Å². The molecule has 0 aliphatic rings. The zero-order chi connectivity index (χ0) is 14.4. The molecule has 8 heteroatoms. The molecule has 0 bridgehead atoms. The topological polar surface area (TPSA) is 103 Å². The van der Waals surface area contributed by atoms with Gasteiger partial charge in [-0.3, -0.25) is 19.6 Å². The van der Waals surface area contributed by atoms with Gasteiger partial charge in [0.2, 0.25) is 5.91 Å². The van der Waals surface area contributed by atoms with Gasteiger partial charge in [-0.1, -0.05) is 0 Å². The third-order valence-corrected chi connectivity index (χ3v) is 2.66. The number of rotatable bonds is 7. The smallest absolute Gasteiger partial charge is 0.306 e. The normalized spacial score (nSPS) is 10.4. The number of aryl methyl sites for hydroxylation is 1. The summed E-state index contributed by atoms with van der Waals surface area (Å²) in [7, 11) is 0. The van der Waals surface area contributed by atoms with Crippen LogP contribution in [0.4, 0.5) is 5.69 Å². The highest BCUT2D eigenvalue weighted by molar-refractivity contribution is 5.75. The summed E-state index contributed by atoms with van der Waals surface area (Å²) in [5.74, 6) is 0.601. The monoisotopic (exact) mass is 278 g/mol. The second-order valence-corrected chi connectivity index (χ2v) is 4.18. The lowest BCUT2D eigenvalue weighted by atomic mass is 10.3. The molecule has 20 heavy (non-hydrogen) atoms. The molecule has 2 heterocycles. The van der Waals surface area contributed by atoms with Crippen molar-refractivity contribution in [3.63, 3.8) is 0 Å². The Labute approximate surface area is 114 Å². The number of carbonyl (C=O) groups is 1. The summed E-state index contributed by atoms with van der Waals surface area (Å²) in [6.07, 6.45) is 4.97. The lowest BCUT2D eigenvalue weighted by Crippen LogP contribution is -2.22. The van der Waals surface area contributed by atoms with Gasteiger partial charge in [0.05, 0.1) is 17.7 Å². The molecule has 1 amide bonds. The van der Waals surface area contributed by atoms with Crippen LogP contribution in [0.15, 0.2) is 35.2 Å². The number of aromatic nitrogens is 2. The van der Waals surface area contributed by atoms with E-state index in [-0.39, 0.29) is 11.6 Å². The summed E-state index contributed by atoms with van der Waals surface area (Å²) >= 11 is 0. The molecule has 0 spiro atoms. The summed E-state index contributed by atoms with van der Waals surface area (Å²) in [6.45, 7) is 0.821. The van der Waals surface area contributed by atoms with Crippen molar-refractivity contribution in [2.75, 3.05) is 0 Å². The van der Waals surface area contributed by atoms with Gasteiger partial charge >= 0.3 is 5.69 Å². The van der Waals surface area contributed by atoms with E-state index >= 15 is 0 Å². The fraction of sp³-hybridized carbons (Fsp3) is 0.333. The number of nitrogens with one attached hydrogen (secondary N) is 1. The molecule has 0 saturated carbocycles. The highest BCUT2D eigenvalue weighted by Crippen LogP contribution is 2.08. The van der Waals surface area contributed by atoms with Crippen molar-refractivity contribution in [3.8, 4) is 0 Å². The Morgan fingerprint density at radius 1 is 1.55 bits per heavy atom. The molecular formula is C12H14N4O4. The molecule has 8 nitrogen and oxygen atoms in total. The van der Waals surface area contributed by atoms with Crippen LogP contribution in [0.3, 0.4) is 0 Å². The summed E-state index contributed by atoms with van der Waals surface area (Å²) in [6, 6.07) is 3.54. The second kappa shape index (κ2) is 6.50. The maximum absolute atomic E-state index is 11.6. The molecule has 0 unspecified atom stereocenters. The number of carbonyl (C=O) groups excluding carboxylic acids is 1. The first-order valence-electron chi connectivity index (χ1n) is 6.11. The number of nitro groups is 1. The molecule has 1 N–H and O–H groups in total. The van der Waals surface area contributed by atoms with E-state index in [2.05, 4.69) is 10.4 Å². The summed E-state index contributed by atoms with van der Waals surface area (Å²) < 4.78 is 6.55. The van der Waals surface area contributed by atoms with Crippen LogP contribution in [0, 0.1) is 10.1 Å². The van der Waals surface area contributed by atoms with Gasteiger partial charge in [-0.05, 0) is 18.6 Å². The lowest BCUT2D eigenvalue weighted by Gasteiger charge is -2.03. The molecule has 0 aliphatic heterocycles. The Morgan fingerprint density at radius 3 is 3.05 bits per heavy atom. The molecule has 0 aliphatic carbocycles. The van der Waals surface area contributed by atoms with E-state index in [0.717, 1.165) is 0 Å². The quantitative estimate of drug-likeness (QED) is 0.610. The molecule has 106 valence electrons. The molecule has 2 aromatic rings. The maximum atomic E-state index is 11.6. The van der Waals surface area contributed by atoms with Crippen molar-refractivity contribution >= 4 is 11.6 Å². The fourth-order valence-corrected chi connectivity index (χ4v) is 1.66. The first-order valence-corrected chi connectivity index (χ1v) is 6.11. The standard InChI is InChI=1S/C12H14N4O4/c17-12(13-8-11-3-2-6-20-11)4-1-5-15-9-10(7-14-15)16(18)19/h2-3,6-7,9H,1,4-5,8H2,(H,13,17). The maximum Gasteiger partial charge on any atom is 0.306 e. The number of furan rings is 1. The van der Waals surface area contributed by atoms with E-state index in [0.29, 0.717) is 31.7 Å². The molecule has 0 aromatic carbocycles. The average molecular weight is 278 g/mol. The van der Waals surface area contributed by atoms with Gasteiger partial charge in [0.15, 0.2) is 0 Å². The van der Waals surface area contributed by atoms with Gasteiger partial charge < -0.3 is 9.73 Å². The Morgan fingerprint density at radius 2 is 2.40 bits per heavy atom. The molecule has 0 atom stereocenters. The number of hydrogen-bond acceptors (Lipinski definition) is 5. The van der Waals surface area contributed by atoms with Crippen molar-refractivity contribution in [3.05, 3.63) is 46.7 Å². The zero-order valence-corrected chi connectivity index (χ0v) is 10.7. The van der Waals surface area contributed by atoms with Crippen LogP contribution >= 0.6 is 0 Å². The summed E-state index contributed by atoms with van der Waals surface area (Å²) in [5.41, 5.74) is -0.0488. The van der Waals surface area contributed by atoms with Gasteiger partial charge in [-0.15, -0.1) is 0 Å². The van der Waals surface area contributed by atoms with Crippen molar-refractivity contribution in [1.82, 2.24) is 15.1 Å². The Balaban J connectivity index is 1.67. The van der Waals surface area contributed by atoms with Crippen molar-refractivity contribution in [1.29, 1.82) is 0 Å². The second-order valence-electron chi connectivity index (χ2n) is 4.18. The van der Waals surface area contributed by atoms with E-state index in [1.807, 2.05) is 0 Å². The van der Waals surface area contributed by atoms with Crippen LogP contribution in [0.2, 0.25) is 0 Å². The molecule has 0 radical (unpaired) electrons. The summed E-state index contributed by atoms with van der Waals surface area (Å²) in [5, 5.41) is 17.0. The molecule has 0 fully saturated rings. The van der Waals surface area contributed by atoms with E-state index in [9.17, 15) is 14.9 Å². The molecule has 2 aromatic heterocycles. The molecule has 2 rings (SSSR count). The summed E-state index contributed by atoms with van der Waals surface area (Å²) in [4.78, 5) is 21.5. The Hall–Kier alpha value is -2.64. The van der Waals surface area contributed by atoms with Crippen LogP contribution in [-0.4, -0.2) is 20.6 Å². The van der Waals surface area contributed by atoms with E-state index in [4.69, 9.17) is 4.42 Å². The number of amides is 1. The van der Waals surface area contributed by atoms with Crippen LogP contribution in [0.25, 0.3) is 0 Å². The minimum Gasteiger partial charge on any atom is -0.467 e. The SMILES string of the molecule is O=C(CCCn1cc([N+](=O)[O-])cn1)NCc1ccco1. The predicted octanol–water partition coefficient (Wildman–Crippen LogP) is 1.48. The van der Waals surface area contributed by atoms with Crippen LogP contribution in [-0.2, 0) is 17.9 Å². The van der Waals surface area contributed by atoms with Crippen molar-refractivity contribution in [2.45, 2.75) is 25.9 Å². The first kappa shape index (κ1) is 13.8. The van der Waals surface area contributed by atoms with Crippen molar-refractivity contribution < 1.29 is 14.1 Å². The van der Waals surface area contributed by atoms with E-state index in [1.54, 1.807) is 18.4 Å². The van der Waals surface area contributed by atoms with E-state index in [1.165, 1.54) is 17.1 Å². The zero-order valence-electron chi connectivity index (χ0n) is 10.7. The third kappa shape index (κ3) is 3.94. The fourth-order valence-electron chi connectivity index (χ4n) is 1.66. The largest absolute Gasteiger partial charge is 0.467 e. The minimum absolute atomic E-state index is 0.0488. The van der Waals surface area contributed by atoms with Crippen LogP contribution in [0.5, 0.6) is 0 Å². The van der Waals surface area contributed by atoms with Gasteiger partial charge in [0, 0.05) is 13.0 Å². The minimum atomic E-state index is -0.500. The van der Waals surface area contributed by atoms with Gasteiger partial charge in [-0.2, -0.15) is 5.10 Å². The number of hydrogen-bond donors (Lipinski definition) is 1. The van der Waals surface area contributed by atoms with Gasteiger partial charge in [-0.25, -0.2) is 0 Å². The lowest BCUT2D eigenvalue weighted by molar-refractivity contribution is -0.385. The first-order chi connectivity index (χ1) is 9.65. The number of nitrogens with zero attached hydrogens (tertiary/aromatic N) is 3. The van der Waals surface area contributed by atoms with Crippen LogP contribution in [0.1, 0.15) is 18.6 Å². The predicted molar refractivity (Wildman–Crippen MR) is 68.7 cm³/mol. The van der Waals surface area contributed by atoms with Crippen LogP contribution < -0.4 is 5.32 Å². The average Bonchev–Trinajstić information content (AvgIpc) is 3.07. The molecular weight excluding hydrogens is 264 g/mol. The Bertz CT molecular complexity index is 576. The Kier molecular flexibility index (Phi) is 4.48. The van der Waals surface area contributed by atoms with Gasteiger partial charge in [0.25, 0.3) is 0 Å². The van der Waals surface area contributed by atoms with Gasteiger partial charge in [0.1, 0.15) is 18.2 Å². The molecule has 0 saturated heterocycles. The van der Waals surface area contributed by atoms with E-state index < -0.39 is 4.92 Å². The highest BCUT2D eigenvalue weighted by Gasteiger charge is 2.09. The highest BCUT2D eigenvalue weighted by atomic mass is 16.6.